The summed E-state index contributed by atoms with van der Waals surface area (Å²) in [5.41, 5.74) is 2.89. The Labute approximate surface area is 124 Å². The Balaban J connectivity index is 1.64. The number of nitrogens with zero attached hydrogens (tertiary/aromatic N) is 3. The molecule has 7 heteroatoms. The molecule has 0 saturated carbocycles. The number of hydrogen-bond donors (Lipinski definition) is 1. The lowest BCUT2D eigenvalue weighted by atomic mass is 10.00. The Bertz CT molecular complexity index is 695. The first-order valence-electron chi connectivity index (χ1n) is 6.92. The van der Waals surface area contributed by atoms with Crippen molar-refractivity contribution < 1.29 is 8.42 Å². The standard InChI is InChI=1S/C14H18N4O2S/c1-21(19,20)18-7-5-12(10-18)8-11-2-3-13(15-9-11)14-4-6-16-17-14/h2-4,6,9,12H,5,7-8,10H2,1H3,(H,16,17)/t12-/m1/s1. The van der Waals surface area contributed by atoms with Crippen molar-refractivity contribution in [1.82, 2.24) is 19.5 Å². The van der Waals surface area contributed by atoms with Crippen LogP contribution in [0.4, 0.5) is 0 Å². The van der Waals surface area contributed by atoms with Gasteiger partial charge in [-0.1, -0.05) is 6.07 Å². The second-order valence-corrected chi connectivity index (χ2v) is 7.48. The van der Waals surface area contributed by atoms with E-state index in [2.05, 4.69) is 15.2 Å². The van der Waals surface area contributed by atoms with E-state index in [0.29, 0.717) is 19.0 Å². The molecule has 0 radical (unpaired) electrons. The van der Waals surface area contributed by atoms with Crippen molar-refractivity contribution in [2.75, 3.05) is 19.3 Å². The van der Waals surface area contributed by atoms with Crippen LogP contribution in [0.2, 0.25) is 0 Å². The maximum Gasteiger partial charge on any atom is 0.211 e. The summed E-state index contributed by atoms with van der Waals surface area (Å²) in [6, 6.07) is 5.89. The molecular weight excluding hydrogens is 288 g/mol. The topological polar surface area (TPSA) is 79.0 Å². The normalized spacial score (nSPS) is 20.0. The molecule has 3 heterocycles. The van der Waals surface area contributed by atoms with Crippen molar-refractivity contribution >= 4 is 10.0 Å². The minimum Gasteiger partial charge on any atom is -0.276 e. The van der Waals surface area contributed by atoms with E-state index < -0.39 is 10.0 Å². The highest BCUT2D eigenvalue weighted by Gasteiger charge is 2.28. The quantitative estimate of drug-likeness (QED) is 0.923. The summed E-state index contributed by atoms with van der Waals surface area (Å²) >= 11 is 0. The first-order valence-corrected chi connectivity index (χ1v) is 8.77. The Kier molecular flexibility index (Phi) is 3.77. The predicted octanol–water partition coefficient (Wildman–Crippen LogP) is 1.30. The van der Waals surface area contributed by atoms with E-state index in [0.717, 1.165) is 29.8 Å². The molecule has 112 valence electrons. The Morgan fingerprint density at radius 2 is 2.24 bits per heavy atom. The van der Waals surface area contributed by atoms with Gasteiger partial charge >= 0.3 is 0 Å². The molecule has 0 bridgehead atoms. The van der Waals surface area contributed by atoms with Crippen LogP contribution in [0.15, 0.2) is 30.6 Å². The summed E-state index contributed by atoms with van der Waals surface area (Å²) in [5, 5.41) is 6.79. The first-order chi connectivity index (χ1) is 10.0. The lowest BCUT2D eigenvalue weighted by molar-refractivity contribution is 0.460. The maximum atomic E-state index is 11.5. The van der Waals surface area contributed by atoms with Crippen LogP contribution in [0.25, 0.3) is 11.4 Å². The summed E-state index contributed by atoms with van der Waals surface area (Å²) in [5.74, 6) is 0.375. The molecule has 2 aromatic heterocycles. The van der Waals surface area contributed by atoms with Crippen LogP contribution in [0.5, 0.6) is 0 Å². The molecule has 1 saturated heterocycles. The second kappa shape index (κ2) is 5.57. The van der Waals surface area contributed by atoms with Crippen molar-refractivity contribution in [3.8, 4) is 11.4 Å². The van der Waals surface area contributed by atoms with Crippen molar-refractivity contribution in [2.24, 2.45) is 5.92 Å². The van der Waals surface area contributed by atoms with E-state index in [-0.39, 0.29) is 0 Å². The Morgan fingerprint density at radius 3 is 2.81 bits per heavy atom. The number of H-pyrrole nitrogens is 1. The van der Waals surface area contributed by atoms with Gasteiger partial charge in [-0.3, -0.25) is 10.1 Å². The van der Waals surface area contributed by atoms with E-state index in [4.69, 9.17) is 0 Å². The van der Waals surface area contributed by atoms with Crippen molar-refractivity contribution in [2.45, 2.75) is 12.8 Å². The third-order valence-corrected chi connectivity index (χ3v) is 5.11. The number of pyridine rings is 1. The summed E-state index contributed by atoms with van der Waals surface area (Å²) in [7, 11) is -3.06. The molecule has 0 amide bonds. The van der Waals surface area contributed by atoms with Crippen molar-refractivity contribution in [1.29, 1.82) is 0 Å². The molecule has 0 aliphatic carbocycles. The van der Waals surface area contributed by atoms with E-state index in [1.807, 2.05) is 24.4 Å². The predicted molar refractivity (Wildman–Crippen MR) is 80.0 cm³/mol. The minimum atomic E-state index is -3.06. The summed E-state index contributed by atoms with van der Waals surface area (Å²) in [6.45, 7) is 1.24. The maximum absolute atomic E-state index is 11.5. The molecule has 1 aliphatic rings. The molecule has 0 aromatic carbocycles. The smallest absolute Gasteiger partial charge is 0.211 e. The fourth-order valence-electron chi connectivity index (χ4n) is 2.70. The number of aromatic amines is 1. The van der Waals surface area contributed by atoms with Crippen LogP contribution >= 0.6 is 0 Å². The third kappa shape index (κ3) is 3.30. The van der Waals surface area contributed by atoms with Gasteiger partial charge in [-0.25, -0.2) is 12.7 Å². The SMILES string of the molecule is CS(=O)(=O)N1CC[C@H](Cc2ccc(-c3ccn[nH]3)nc2)C1. The van der Waals surface area contributed by atoms with Crippen LogP contribution in [-0.2, 0) is 16.4 Å². The van der Waals surface area contributed by atoms with Gasteiger partial charge in [-0.15, -0.1) is 0 Å². The van der Waals surface area contributed by atoms with E-state index in [9.17, 15) is 8.42 Å². The number of sulfonamides is 1. The summed E-state index contributed by atoms with van der Waals surface area (Å²) < 4.78 is 24.6. The summed E-state index contributed by atoms with van der Waals surface area (Å²) in [6.07, 6.45) is 6.61. The number of nitrogens with one attached hydrogen (secondary N) is 1. The zero-order valence-corrected chi connectivity index (χ0v) is 12.7. The summed E-state index contributed by atoms with van der Waals surface area (Å²) in [4.78, 5) is 4.43. The molecule has 21 heavy (non-hydrogen) atoms. The van der Waals surface area contributed by atoms with Gasteiger partial charge in [-0.05, 0) is 36.5 Å². The number of aromatic nitrogens is 3. The van der Waals surface area contributed by atoms with E-state index >= 15 is 0 Å². The highest BCUT2D eigenvalue weighted by atomic mass is 32.2. The van der Waals surface area contributed by atoms with Crippen LogP contribution in [0.3, 0.4) is 0 Å². The zero-order chi connectivity index (χ0) is 14.9. The molecule has 3 rings (SSSR count). The Morgan fingerprint density at radius 1 is 1.38 bits per heavy atom. The first kappa shape index (κ1) is 14.2. The van der Waals surface area contributed by atoms with Gasteiger partial charge in [-0.2, -0.15) is 5.10 Å². The Hall–Kier alpha value is -1.73. The highest BCUT2D eigenvalue weighted by Crippen LogP contribution is 2.23. The van der Waals surface area contributed by atoms with Gasteiger partial charge in [0.15, 0.2) is 0 Å². The molecule has 1 aliphatic heterocycles. The average molecular weight is 306 g/mol. The van der Waals surface area contributed by atoms with Crippen LogP contribution in [0, 0.1) is 5.92 Å². The molecule has 1 atom stereocenters. The molecule has 1 N–H and O–H groups in total. The van der Waals surface area contributed by atoms with Crippen LogP contribution in [0.1, 0.15) is 12.0 Å². The van der Waals surface area contributed by atoms with Gasteiger partial charge < -0.3 is 0 Å². The fourth-order valence-corrected chi connectivity index (χ4v) is 3.62. The van der Waals surface area contributed by atoms with E-state index in [1.165, 1.54) is 6.26 Å². The molecular formula is C14H18N4O2S. The van der Waals surface area contributed by atoms with E-state index in [1.54, 1.807) is 10.5 Å². The lowest BCUT2D eigenvalue weighted by Gasteiger charge is -2.13. The highest BCUT2D eigenvalue weighted by molar-refractivity contribution is 7.88. The number of rotatable bonds is 4. The lowest BCUT2D eigenvalue weighted by Crippen LogP contribution is -2.27. The number of hydrogen-bond acceptors (Lipinski definition) is 4. The largest absolute Gasteiger partial charge is 0.276 e. The minimum absolute atomic E-state index is 0.375. The van der Waals surface area contributed by atoms with Gasteiger partial charge in [0.25, 0.3) is 0 Å². The molecule has 0 spiro atoms. The average Bonchev–Trinajstić information content (AvgIpc) is 3.09. The molecule has 0 unspecified atom stereocenters. The molecule has 1 fully saturated rings. The van der Waals surface area contributed by atoms with Crippen molar-refractivity contribution in [3.63, 3.8) is 0 Å². The van der Waals surface area contributed by atoms with Gasteiger partial charge in [0, 0.05) is 25.5 Å². The molecule has 2 aromatic rings. The third-order valence-electron chi connectivity index (χ3n) is 3.84. The monoisotopic (exact) mass is 306 g/mol. The van der Waals surface area contributed by atoms with Crippen molar-refractivity contribution in [3.05, 3.63) is 36.2 Å². The fraction of sp³-hybridized carbons (Fsp3) is 0.429. The van der Waals surface area contributed by atoms with Gasteiger partial charge in [0.2, 0.25) is 10.0 Å². The molecule has 6 nitrogen and oxygen atoms in total. The van der Waals surface area contributed by atoms with Crippen LogP contribution in [-0.4, -0.2) is 47.2 Å². The zero-order valence-electron chi connectivity index (χ0n) is 11.9. The van der Waals surface area contributed by atoms with Gasteiger partial charge in [0.1, 0.15) is 0 Å². The van der Waals surface area contributed by atoms with Crippen LogP contribution < -0.4 is 0 Å². The van der Waals surface area contributed by atoms with Gasteiger partial charge in [0.05, 0.1) is 17.6 Å². The second-order valence-electron chi connectivity index (χ2n) is 5.50.